The van der Waals surface area contributed by atoms with Gasteiger partial charge in [-0.2, -0.15) is 0 Å². The molecule has 3 heteroatoms. The third-order valence-electron chi connectivity index (χ3n) is 3.65. The SMILES string of the molecule is N[C@@H]1CCC[C@@H]1Cc1ccc2c(c1)OCO2. The number of rotatable bonds is 2. The van der Waals surface area contributed by atoms with Crippen molar-refractivity contribution in [3.63, 3.8) is 0 Å². The molecule has 0 spiro atoms. The number of fused-ring (bicyclic) bond motifs is 1. The van der Waals surface area contributed by atoms with Crippen LogP contribution >= 0.6 is 0 Å². The van der Waals surface area contributed by atoms with Gasteiger partial charge in [0.15, 0.2) is 11.5 Å². The van der Waals surface area contributed by atoms with Crippen molar-refractivity contribution in [3.8, 4) is 11.5 Å². The Labute approximate surface area is 95.5 Å². The Hall–Kier alpha value is -1.22. The molecule has 1 heterocycles. The lowest BCUT2D eigenvalue weighted by atomic mass is 9.95. The molecule has 16 heavy (non-hydrogen) atoms. The molecule has 1 aromatic rings. The maximum Gasteiger partial charge on any atom is 0.231 e. The molecule has 1 aromatic carbocycles. The molecule has 3 rings (SSSR count). The van der Waals surface area contributed by atoms with E-state index >= 15 is 0 Å². The molecule has 86 valence electrons. The number of hydrogen-bond acceptors (Lipinski definition) is 3. The standard InChI is InChI=1S/C13H17NO2/c14-11-3-1-2-10(11)6-9-4-5-12-13(7-9)16-8-15-12/h4-5,7,10-11H,1-3,6,8,14H2/t10-,11-/m1/s1. The number of nitrogens with two attached hydrogens (primary N) is 1. The van der Waals surface area contributed by atoms with E-state index in [2.05, 4.69) is 12.1 Å². The fourth-order valence-corrected chi connectivity index (χ4v) is 2.69. The first kappa shape index (κ1) is 9.97. The van der Waals surface area contributed by atoms with Crippen LogP contribution in [0.25, 0.3) is 0 Å². The number of ether oxygens (including phenoxy) is 2. The van der Waals surface area contributed by atoms with Crippen molar-refractivity contribution in [2.45, 2.75) is 31.7 Å². The third kappa shape index (κ3) is 1.76. The first-order valence-electron chi connectivity index (χ1n) is 5.97. The summed E-state index contributed by atoms with van der Waals surface area (Å²) in [6.45, 7) is 0.349. The predicted octanol–water partition coefficient (Wildman–Crippen LogP) is 2.09. The van der Waals surface area contributed by atoms with Crippen molar-refractivity contribution < 1.29 is 9.47 Å². The zero-order valence-electron chi connectivity index (χ0n) is 9.32. The Morgan fingerprint density at radius 1 is 1.19 bits per heavy atom. The van der Waals surface area contributed by atoms with Crippen LogP contribution in [-0.4, -0.2) is 12.8 Å². The molecule has 0 bridgehead atoms. The lowest BCUT2D eigenvalue weighted by Gasteiger charge is -2.15. The summed E-state index contributed by atoms with van der Waals surface area (Å²) in [5.74, 6) is 2.38. The van der Waals surface area contributed by atoms with Gasteiger partial charge >= 0.3 is 0 Å². The van der Waals surface area contributed by atoms with Crippen LogP contribution in [0.4, 0.5) is 0 Å². The van der Waals surface area contributed by atoms with Gasteiger partial charge in [-0.1, -0.05) is 12.5 Å². The third-order valence-corrected chi connectivity index (χ3v) is 3.65. The van der Waals surface area contributed by atoms with Crippen molar-refractivity contribution in [1.29, 1.82) is 0 Å². The summed E-state index contributed by atoms with van der Waals surface area (Å²) in [7, 11) is 0. The van der Waals surface area contributed by atoms with E-state index in [-0.39, 0.29) is 0 Å². The summed E-state index contributed by atoms with van der Waals surface area (Å²) in [5, 5.41) is 0. The maximum atomic E-state index is 6.08. The quantitative estimate of drug-likeness (QED) is 0.828. The minimum atomic E-state index is 0.349. The van der Waals surface area contributed by atoms with Crippen LogP contribution in [0.5, 0.6) is 11.5 Å². The van der Waals surface area contributed by atoms with Gasteiger partial charge in [-0.15, -0.1) is 0 Å². The summed E-state index contributed by atoms with van der Waals surface area (Å²) in [4.78, 5) is 0. The van der Waals surface area contributed by atoms with Gasteiger partial charge in [0.25, 0.3) is 0 Å². The lowest BCUT2D eigenvalue weighted by Crippen LogP contribution is -2.25. The molecule has 2 aliphatic rings. The minimum absolute atomic E-state index is 0.349. The topological polar surface area (TPSA) is 44.5 Å². The summed E-state index contributed by atoms with van der Waals surface area (Å²) < 4.78 is 10.7. The zero-order valence-corrected chi connectivity index (χ0v) is 9.32. The van der Waals surface area contributed by atoms with Crippen LogP contribution in [0.2, 0.25) is 0 Å². The van der Waals surface area contributed by atoms with Crippen LogP contribution < -0.4 is 15.2 Å². The summed E-state index contributed by atoms with van der Waals surface area (Å²) in [6, 6.07) is 6.59. The van der Waals surface area contributed by atoms with Crippen molar-refractivity contribution in [1.82, 2.24) is 0 Å². The van der Waals surface area contributed by atoms with Crippen molar-refractivity contribution in [2.75, 3.05) is 6.79 Å². The van der Waals surface area contributed by atoms with Gasteiger partial charge in [0.05, 0.1) is 0 Å². The molecule has 0 aromatic heterocycles. The molecule has 1 aliphatic heterocycles. The van der Waals surface area contributed by atoms with Crippen LogP contribution in [0.3, 0.4) is 0 Å². The molecule has 0 unspecified atom stereocenters. The molecule has 1 fully saturated rings. The molecule has 1 aliphatic carbocycles. The van der Waals surface area contributed by atoms with Crippen LogP contribution in [0, 0.1) is 5.92 Å². The van der Waals surface area contributed by atoms with Crippen LogP contribution in [0.1, 0.15) is 24.8 Å². The predicted molar refractivity (Wildman–Crippen MR) is 61.6 cm³/mol. The number of benzene rings is 1. The fourth-order valence-electron chi connectivity index (χ4n) is 2.69. The molecule has 0 saturated heterocycles. The van der Waals surface area contributed by atoms with Crippen molar-refractivity contribution in [3.05, 3.63) is 23.8 Å². The van der Waals surface area contributed by atoms with Gasteiger partial charge in [0.2, 0.25) is 6.79 Å². The Balaban J connectivity index is 1.75. The zero-order chi connectivity index (χ0) is 11.0. The average Bonchev–Trinajstić information content (AvgIpc) is 2.88. The van der Waals surface area contributed by atoms with Gasteiger partial charge in [-0.3, -0.25) is 0 Å². The first-order valence-corrected chi connectivity index (χ1v) is 5.97. The Morgan fingerprint density at radius 2 is 2.06 bits per heavy atom. The Bertz CT molecular complexity index is 392. The van der Waals surface area contributed by atoms with Gasteiger partial charge in [-0.05, 0) is 42.9 Å². The summed E-state index contributed by atoms with van der Waals surface area (Å²) in [6.07, 6.45) is 4.78. The van der Waals surface area contributed by atoms with E-state index in [9.17, 15) is 0 Å². The highest BCUT2D eigenvalue weighted by Crippen LogP contribution is 2.34. The van der Waals surface area contributed by atoms with E-state index in [0.717, 1.165) is 17.9 Å². The van der Waals surface area contributed by atoms with Crippen molar-refractivity contribution >= 4 is 0 Å². The van der Waals surface area contributed by atoms with E-state index < -0.39 is 0 Å². The molecule has 1 saturated carbocycles. The molecule has 3 nitrogen and oxygen atoms in total. The second kappa shape index (κ2) is 3.98. The molecule has 2 N–H and O–H groups in total. The molecule has 0 radical (unpaired) electrons. The minimum Gasteiger partial charge on any atom is -0.454 e. The van der Waals surface area contributed by atoms with E-state index in [4.69, 9.17) is 15.2 Å². The van der Waals surface area contributed by atoms with Gasteiger partial charge in [-0.25, -0.2) is 0 Å². The summed E-state index contributed by atoms with van der Waals surface area (Å²) in [5.41, 5.74) is 7.40. The molecular weight excluding hydrogens is 202 g/mol. The normalized spacial score (nSPS) is 27.3. The second-order valence-electron chi connectivity index (χ2n) is 4.75. The fraction of sp³-hybridized carbons (Fsp3) is 0.538. The van der Waals surface area contributed by atoms with Gasteiger partial charge in [0, 0.05) is 6.04 Å². The summed E-state index contributed by atoms with van der Waals surface area (Å²) >= 11 is 0. The van der Waals surface area contributed by atoms with E-state index in [1.54, 1.807) is 0 Å². The van der Waals surface area contributed by atoms with E-state index in [0.29, 0.717) is 18.8 Å². The van der Waals surface area contributed by atoms with Crippen molar-refractivity contribution in [2.24, 2.45) is 11.7 Å². The highest BCUT2D eigenvalue weighted by molar-refractivity contribution is 5.44. The van der Waals surface area contributed by atoms with E-state index in [1.807, 2.05) is 6.07 Å². The first-order chi connectivity index (χ1) is 7.83. The molecule has 2 atom stereocenters. The number of hydrogen-bond donors (Lipinski definition) is 1. The smallest absolute Gasteiger partial charge is 0.231 e. The van der Waals surface area contributed by atoms with E-state index in [1.165, 1.54) is 24.8 Å². The highest BCUT2D eigenvalue weighted by Gasteiger charge is 2.24. The average molecular weight is 219 g/mol. The monoisotopic (exact) mass is 219 g/mol. The Kier molecular flexibility index (Phi) is 2.48. The molecular formula is C13H17NO2. The lowest BCUT2D eigenvalue weighted by molar-refractivity contribution is 0.174. The Morgan fingerprint density at radius 3 is 2.88 bits per heavy atom. The van der Waals surface area contributed by atoms with Crippen LogP contribution in [-0.2, 0) is 6.42 Å². The van der Waals surface area contributed by atoms with Crippen LogP contribution in [0.15, 0.2) is 18.2 Å². The highest BCUT2D eigenvalue weighted by atomic mass is 16.7. The van der Waals surface area contributed by atoms with Gasteiger partial charge < -0.3 is 15.2 Å². The molecule has 0 amide bonds. The maximum absolute atomic E-state index is 6.08. The largest absolute Gasteiger partial charge is 0.454 e. The second-order valence-corrected chi connectivity index (χ2v) is 4.75. The van der Waals surface area contributed by atoms with Gasteiger partial charge in [0.1, 0.15) is 0 Å².